The Hall–Kier alpha value is -2.90. The van der Waals surface area contributed by atoms with Crippen LogP contribution in [0.5, 0.6) is 5.75 Å². The van der Waals surface area contributed by atoms with E-state index in [1.54, 1.807) is 30.0 Å². The summed E-state index contributed by atoms with van der Waals surface area (Å²) in [5, 5.41) is 11.7. The molecule has 1 fully saturated rings. The van der Waals surface area contributed by atoms with E-state index < -0.39 is 0 Å². The number of aromatic nitrogens is 2. The number of rotatable bonds is 8. The Balaban J connectivity index is 1.32. The Kier molecular flexibility index (Phi) is 7.81. The normalized spacial score (nSPS) is 15.0. The van der Waals surface area contributed by atoms with Crippen LogP contribution in [0.1, 0.15) is 49.1 Å². The van der Waals surface area contributed by atoms with Gasteiger partial charge in [-0.25, -0.2) is 13.8 Å². The highest BCUT2D eigenvalue weighted by Crippen LogP contribution is 2.40. The highest BCUT2D eigenvalue weighted by Gasteiger charge is 2.28. The number of nitrogens with zero attached hydrogens (tertiary/aromatic N) is 3. The fourth-order valence-corrected chi connectivity index (χ4v) is 6.38. The van der Waals surface area contributed by atoms with E-state index in [1.807, 2.05) is 29.7 Å². The van der Waals surface area contributed by atoms with Crippen LogP contribution < -0.4 is 0 Å². The minimum Gasteiger partial charge on any atom is -0.504 e. The Morgan fingerprint density at radius 2 is 1.73 bits per heavy atom. The predicted molar refractivity (Wildman–Crippen MR) is 147 cm³/mol. The maximum absolute atomic E-state index is 14.4. The number of hydrogen-bond acceptors (Lipinski definition) is 4. The van der Waals surface area contributed by atoms with Gasteiger partial charge < -0.3 is 10.0 Å². The van der Waals surface area contributed by atoms with Crippen LogP contribution in [0.4, 0.5) is 8.78 Å². The summed E-state index contributed by atoms with van der Waals surface area (Å²) in [4.78, 5) is 8.27. The molecular formula is C30H33F2N3OS. The fourth-order valence-electron chi connectivity index (χ4n) is 5.54. The zero-order valence-corrected chi connectivity index (χ0v) is 22.2. The molecule has 0 unspecified atom stereocenters. The van der Waals surface area contributed by atoms with Gasteiger partial charge in [-0.3, -0.25) is 4.57 Å². The molecule has 4 nitrogen and oxygen atoms in total. The van der Waals surface area contributed by atoms with Gasteiger partial charge in [0.2, 0.25) is 0 Å². The lowest BCUT2D eigenvalue weighted by atomic mass is 9.87. The Morgan fingerprint density at radius 3 is 2.46 bits per heavy atom. The molecule has 3 heterocycles. The summed E-state index contributed by atoms with van der Waals surface area (Å²) in [5.74, 6) is 1.47. The van der Waals surface area contributed by atoms with Gasteiger partial charge in [0.1, 0.15) is 11.6 Å². The number of pyridine rings is 1. The molecule has 0 saturated carbocycles. The number of aryl methyl sites for hydroxylation is 1. The monoisotopic (exact) mass is 521 g/mol. The molecule has 2 aromatic carbocycles. The number of likely N-dealkylation sites (tertiary alicyclic amines) is 1. The SMILES string of the molecule is CCc1c(C2CCN(CCCSc3ccc(F)cc3)CC2)c2ccc(F)cc2n1-c1nc(C)ccc1O. The van der Waals surface area contributed by atoms with E-state index >= 15 is 0 Å². The molecule has 1 N–H and O–H groups in total. The lowest BCUT2D eigenvalue weighted by Gasteiger charge is -2.32. The second-order valence-electron chi connectivity index (χ2n) is 9.78. The van der Waals surface area contributed by atoms with Crippen molar-refractivity contribution < 1.29 is 13.9 Å². The number of thioether (sulfide) groups is 1. The number of hydrogen-bond donors (Lipinski definition) is 1. The topological polar surface area (TPSA) is 41.3 Å². The Morgan fingerprint density at radius 1 is 1.00 bits per heavy atom. The molecule has 0 aliphatic carbocycles. The summed E-state index contributed by atoms with van der Waals surface area (Å²) in [6.45, 7) is 7.12. The molecule has 1 aliphatic heterocycles. The number of halogens is 2. The third kappa shape index (κ3) is 5.53. The molecule has 1 aliphatic rings. The van der Waals surface area contributed by atoms with Crippen molar-refractivity contribution in [1.29, 1.82) is 0 Å². The maximum Gasteiger partial charge on any atom is 0.180 e. The third-order valence-electron chi connectivity index (χ3n) is 7.31. The molecule has 0 spiro atoms. The zero-order valence-electron chi connectivity index (χ0n) is 21.4. The number of aromatic hydroxyl groups is 1. The molecule has 1 saturated heterocycles. The van der Waals surface area contributed by atoms with Gasteiger partial charge in [0, 0.05) is 21.7 Å². The summed E-state index contributed by atoms with van der Waals surface area (Å²) in [7, 11) is 0. The zero-order chi connectivity index (χ0) is 25.9. The summed E-state index contributed by atoms with van der Waals surface area (Å²) in [6, 6.07) is 15.1. The Labute approximate surface area is 221 Å². The summed E-state index contributed by atoms with van der Waals surface area (Å²) in [6.07, 6.45) is 3.94. The van der Waals surface area contributed by atoms with Crippen molar-refractivity contribution in [2.45, 2.75) is 50.3 Å². The van der Waals surface area contributed by atoms with E-state index in [2.05, 4.69) is 16.8 Å². The van der Waals surface area contributed by atoms with Crippen LogP contribution in [-0.2, 0) is 6.42 Å². The number of piperidine rings is 1. The van der Waals surface area contributed by atoms with Gasteiger partial charge >= 0.3 is 0 Å². The number of fused-ring (bicyclic) bond motifs is 1. The van der Waals surface area contributed by atoms with Gasteiger partial charge in [-0.1, -0.05) is 6.92 Å². The third-order valence-corrected chi connectivity index (χ3v) is 8.41. The fraction of sp³-hybridized carbons (Fsp3) is 0.367. The van der Waals surface area contributed by atoms with Crippen LogP contribution >= 0.6 is 11.8 Å². The smallest absolute Gasteiger partial charge is 0.180 e. The second kappa shape index (κ2) is 11.2. The van der Waals surface area contributed by atoms with E-state index in [9.17, 15) is 13.9 Å². The first kappa shape index (κ1) is 25.7. The molecule has 194 valence electrons. The van der Waals surface area contributed by atoms with Crippen molar-refractivity contribution >= 4 is 22.7 Å². The van der Waals surface area contributed by atoms with Crippen molar-refractivity contribution in [3.05, 3.63) is 83.2 Å². The van der Waals surface area contributed by atoms with Gasteiger partial charge in [0.05, 0.1) is 5.52 Å². The van der Waals surface area contributed by atoms with Crippen LogP contribution in [0.3, 0.4) is 0 Å². The lowest BCUT2D eigenvalue weighted by Crippen LogP contribution is -2.34. The minimum atomic E-state index is -0.291. The molecule has 5 rings (SSSR count). The molecular weight excluding hydrogens is 488 g/mol. The highest BCUT2D eigenvalue weighted by molar-refractivity contribution is 7.99. The van der Waals surface area contributed by atoms with Gasteiger partial charge in [-0.15, -0.1) is 11.8 Å². The van der Waals surface area contributed by atoms with Crippen LogP contribution in [0.25, 0.3) is 16.7 Å². The van der Waals surface area contributed by atoms with Crippen molar-refractivity contribution in [2.75, 3.05) is 25.4 Å². The van der Waals surface area contributed by atoms with Crippen molar-refractivity contribution in [2.24, 2.45) is 0 Å². The first-order valence-electron chi connectivity index (χ1n) is 13.0. The van der Waals surface area contributed by atoms with Crippen LogP contribution in [0.2, 0.25) is 0 Å². The molecule has 0 bridgehead atoms. The largest absolute Gasteiger partial charge is 0.504 e. The van der Waals surface area contributed by atoms with Crippen molar-refractivity contribution in [1.82, 2.24) is 14.5 Å². The molecule has 0 radical (unpaired) electrons. The van der Waals surface area contributed by atoms with E-state index in [0.29, 0.717) is 11.7 Å². The minimum absolute atomic E-state index is 0.0985. The van der Waals surface area contributed by atoms with E-state index in [-0.39, 0.29) is 17.4 Å². The van der Waals surface area contributed by atoms with E-state index in [1.165, 1.54) is 23.8 Å². The summed E-state index contributed by atoms with van der Waals surface area (Å²) in [5.41, 5.74) is 3.94. The van der Waals surface area contributed by atoms with Gasteiger partial charge in [-0.05, 0) is 124 Å². The van der Waals surface area contributed by atoms with E-state index in [4.69, 9.17) is 0 Å². The predicted octanol–water partition coefficient (Wildman–Crippen LogP) is 7.24. The molecule has 2 aromatic heterocycles. The van der Waals surface area contributed by atoms with Crippen LogP contribution in [0, 0.1) is 18.6 Å². The highest BCUT2D eigenvalue weighted by atomic mass is 32.2. The first-order valence-corrected chi connectivity index (χ1v) is 14.0. The maximum atomic E-state index is 14.4. The van der Waals surface area contributed by atoms with E-state index in [0.717, 1.165) is 78.3 Å². The van der Waals surface area contributed by atoms with Gasteiger partial charge in [0.15, 0.2) is 11.6 Å². The molecule has 7 heteroatoms. The quantitative estimate of drug-likeness (QED) is 0.196. The van der Waals surface area contributed by atoms with Crippen molar-refractivity contribution in [3.63, 3.8) is 0 Å². The van der Waals surface area contributed by atoms with Crippen LogP contribution in [0.15, 0.2) is 59.5 Å². The molecule has 37 heavy (non-hydrogen) atoms. The van der Waals surface area contributed by atoms with Gasteiger partial charge in [-0.2, -0.15) is 0 Å². The molecule has 0 amide bonds. The first-order chi connectivity index (χ1) is 17.9. The Bertz CT molecular complexity index is 1380. The van der Waals surface area contributed by atoms with Crippen LogP contribution in [-0.4, -0.2) is 44.9 Å². The summed E-state index contributed by atoms with van der Waals surface area (Å²) < 4.78 is 29.5. The average molecular weight is 522 g/mol. The van der Waals surface area contributed by atoms with Crippen molar-refractivity contribution in [3.8, 4) is 11.6 Å². The molecule has 0 atom stereocenters. The van der Waals surface area contributed by atoms with Gasteiger partial charge in [0.25, 0.3) is 0 Å². The lowest BCUT2D eigenvalue weighted by molar-refractivity contribution is 0.213. The average Bonchev–Trinajstić information content (AvgIpc) is 3.22. The summed E-state index contributed by atoms with van der Waals surface area (Å²) >= 11 is 1.77. The number of benzene rings is 2. The second-order valence-corrected chi connectivity index (χ2v) is 10.9. The molecule has 4 aromatic rings. The standard InChI is InChI=1S/C30H33F2N3OS/c1-3-26-29(21-13-16-34(17-14-21)15-4-18-37-24-9-6-22(31)7-10-24)25-11-8-23(32)19-27(25)35(26)30-28(36)12-5-20(2)33-30/h5-12,19,21,36H,3-4,13-18H2,1-2H3.